The largest absolute Gasteiger partial charge is 0.381 e. The standard InChI is InChI=1S/C36H64O3/c1-25-12-26(2)14-28(13-25)6-8-30-17-31(9-7-29-15-27(3)16-34(20-29)24-37)19-32(18-30)10-11-33-21-35(38-4)23-36(22-33)39-5/h24-36H,6-23H2,1-5H3/t25-,26?,27+,28-,29-,30?,31?,32-,33?,34+,35-,36?/m1/s1. The highest BCUT2D eigenvalue weighted by Gasteiger charge is 2.34. The average Bonchev–Trinajstić information content (AvgIpc) is 2.92. The molecule has 0 amide bonds. The van der Waals surface area contributed by atoms with Gasteiger partial charge < -0.3 is 14.3 Å². The summed E-state index contributed by atoms with van der Waals surface area (Å²) in [5.74, 6) is 8.21. The summed E-state index contributed by atoms with van der Waals surface area (Å²) >= 11 is 0. The molecule has 3 nitrogen and oxygen atoms in total. The van der Waals surface area contributed by atoms with Crippen LogP contribution in [0.25, 0.3) is 0 Å². The van der Waals surface area contributed by atoms with E-state index in [0.29, 0.717) is 18.1 Å². The van der Waals surface area contributed by atoms with Gasteiger partial charge in [-0.3, -0.25) is 0 Å². The van der Waals surface area contributed by atoms with Crippen LogP contribution < -0.4 is 0 Å². The predicted molar refractivity (Wildman–Crippen MR) is 163 cm³/mol. The lowest BCUT2D eigenvalue weighted by molar-refractivity contribution is -0.112. The molecule has 226 valence electrons. The fourth-order valence-electron chi connectivity index (χ4n) is 10.3. The third kappa shape index (κ3) is 10.1. The minimum Gasteiger partial charge on any atom is -0.381 e. The third-order valence-corrected chi connectivity index (χ3v) is 11.9. The third-order valence-electron chi connectivity index (χ3n) is 11.9. The van der Waals surface area contributed by atoms with Gasteiger partial charge in [-0.25, -0.2) is 0 Å². The van der Waals surface area contributed by atoms with Crippen LogP contribution in [0.4, 0.5) is 0 Å². The number of carbonyl (C=O) groups is 1. The number of rotatable bonds is 12. The van der Waals surface area contributed by atoms with Crippen LogP contribution in [-0.2, 0) is 14.3 Å². The molecule has 0 aliphatic heterocycles. The molecule has 0 saturated heterocycles. The summed E-state index contributed by atoms with van der Waals surface area (Å²) in [6, 6.07) is 0. The maximum absolute atomic E-state index is 11.6. The Labute approximate surface area is 242 Å². The molecule has 0 aromatic heterocycles. The summed E-state index contributed by atoms with van der Waals surface area (Å²) in [4.78, 5) is 11.6. The van der Waals surface area contributed by atoms with Crippen molar-refractivity contribution in [3.63, 3.8) is 0 Å². The molecule has 0 aromatic rings. The topological polar surface area (TPSA) is 35.5 Å². The molecule has 0 bridgehead atoms. The van der Waals surface area contributed by atoms with Gasteiger partial charge in [0.25, 0.3) is 0 Å². The lowest BCUT2D eigenvalue weighted by atomic mass is 9.67. The fourth-order valence-corrected chi connectivity index (χ4v) is 10.3. The maximum Gasteiger partial charge on any atom is 0.123 e. The number of carbonyl (C=O) groups excluding carboxylic acids is 1. The van der Waals surface area contributed by atoms with Gasteiger partial charge in [-0.1, -0.05) is 52.9 Å². The lowest BCUT2D eigenvalue weighted by Gasteiger charge is -2.39. The summed E-state index contributed by atoms with van der Waals surface area (Å²) in [6.45, 7) is 7.35. The summed E-state index contributed by atoms with van der Waals surface area (Å²) in [5.41, 5.74) is 0. The fraction of sp³-hybridized carbons (Fsp3) is 0.972. The van der Waals surface area contributed by atoms with Crippen LogP contribution in [0.15, 0.2) is 0 Å². The van der Waals surface area contributed by atoms with Gasteiger partial charge in [0.15, 0.2) is 0 Å². The normalized spacial score (nSPS) is 43.7. The van der Waals surface area contributed by atoms with Gasteiger partial charge >= 0.3 is 0 Å². The minimum atomic E-state index is 0.327. The molecule has 5 unspecified atom stereocenters. The molecule has 12 atom stereocenters. The van der Waals surface area contributed by atoms with Gasteiger partial charge in [0.05, 0.1) is 12.2 Å². The van der Waals surface area contributed by atoms with Gasteiger partial charge in [0.1, 0.15) is 6.29 Å². The molecule has 0 aromatic carbocycles. The second-order valence-corrected chi connectivity index (χ2v) is 15.7. The van der Waals surface area contributed by atoms with Crippen LogP contribution in [0.1, 0.15) is 136 Å². The Bertz CT molecular complexity index is 685. The summed E-state index contributed by atoms with van der Waals surface area (Å²) in [6.07, 6.45) is 26.5. The van der Waals surface area contributed by atoms with Crippen molar-refractivity contribution in [2.75, 3.05) is 14.2 Å². The SMILES string of the molecule is COC1CC(CC[C@H]2CC(CC[C@@H]3C[C@H](C)C[C@H](C=O)C3)CC(CC[C@H]3CC(C)C[C@@H](C)C3)C2)C[C@@H](OC)C1. The second kappa shape index (κ2) is 15.7. The molecule has 4 aliphatic rings. The lowest BCUT2D eigenvalue weighted by Crippen LogP contribution is -2.32. The van der Waals surface area contributed by atoms with Crippen LogP contribution >= 0.6 is 0 Å². The highest BCUT2D eigenvalue weighted by Crippen LogP contribution is 2.45. The highest BCUT2D eigenvalue weighted by molar-refractivity contribution is 5.53. The molecule has 4 fully saturated rings. The van der Waals surface area contributed by atoms with Crippen molar-refractivity contribution >= 4 is 6.29 Å². The van der Waals surface area contributed by atoms with Crippen LogP contribution in [0.2, 0.25) is 0 Å². The monoisotopic (exact) mass is 544 g/mol. The van der Waals surface area contributed by atoms with Crippen LogP contribution in [-0.4, -0.2) is 32.7 Å². The Morgan fingerprint density at radius 3 is 1.23 bits per heavy atom. The molecule has 4 rings (SSSR count). The Balaban J connectivity index is 1.31. The van der Waals surface area contributed by atoms with Crippen molar-refractivity contribution in [1.82, 2.24) is 0 Å². The first-order chi connectivity index (χ1) is 18.8. The molecule has 4 saturated carbocycles. The number of aldehydes is 1. The first kappa shape index (κ1) is 31.5. The Hall–Kier alpha value is -0.410. The van der Waals surface area contributed by atoms with E-state index in [9.17, 15) is 4.79 Å². The molecular weight excluding hydrogens is 480 g/mol. The Morgan fingerprint density at radius 1 is 0.462 bits per heavy atom. The van der Waals surface area contributed by atoms with Crippen LogP contribution in [0.5, 0.6) is 0 Å². The molecule has 0 spiro atoms. The Kier molecular flexibility index (Phi) is 12.7. The Morgan fingerprint density at radius 2 is 0.821 bits per heavy atom. The van der Waals surface area contributed by atoms with E-state index >= 15 is 0 Å². The van der Waals surface area contributed by atoms with Gasteiger partial charge in [-0.05, 0) is 137 Å². The quantitative estimate of drug-likeness (QED) is 0.229. The van der Waals surface area contributed by atoms with Crippen molar-refractivity contribution in [2.24, 2.45) is 59.2 Å². The van der Waals surface area contributed by atoms with E-state index in [1.807, 2.05) is 14.2 Å². The van der Waals surface area contributed by atoms with E-state index < -0.39 is 0 Å². The van der Waals surface area contributed by atoms with E-state index in [1.54, 1.807) is 0 Å². The van der Waals surface area contributed by atoms with E-state index in [2.05, 4.69) is 20.8 Å². The number of methoxy groups -OCH3 is 2. The van der Waals surface area contributed by atoms with E-state index in [0.717, 1.165) is 72.5 Å². The zero-order valence-corrected chi connectivity index (χ0v) is 26.5. The van der Waals surface area contributed by atoms with Gasteiger partial charge in [0, 0.05) is 20.1 Å². The van der Waals surface area contributed by atoms with Crippen molar-refractivity contribution in [2.45, 2.75) is 149 Å². The predicted octanol–water partition coefficient (Wildman–Crippen LogP) is 9.51. The maximum atomic E-state index is 11.6. The van der Waals surface area contributed by atoms with Crippen molar-refractivity contribution in [3.05, 3.63) is 0 Å². The number of ether oxygens (including phenoxy) is 2. The molecule has 0 N–H and O–H groups in total. The van der Waals surface area contributed by atoms with Gasteiger partial charge in [0.2, 0.25) is 0 Å². The molecule has 3 heteroatoms. The van der Waals surface area contributed by atoms with Crippen LogP contribution in [0, 0.1) is 59.2 Å². The summed E-state index contributed by atoms with van der Waals surface area (Å²) in [7, 11) is 3.77. The van der Waals surface area contributed by atoms with Crippen molar-refractivity contribution in [1.29, 1.82) is 0 Å². The van der Waals surface area contributed by atoms with Gasteiger partial charge in [-0.2, -0.15) is 0 Å². The molecular formula is C36H64O3. The molecule has 4 aliphatic carbocycles. The van der Waals surface area contributed by atoms with E-state index in [4.69, 9.17) is 9.47 Å². The average molecular weight is 545 g/mol. The molecule has 39 heavy (non-hydrogen) atoms. The highest BCUT2D eigenvalue weighted by atomic mass is 16.5. The second-order valence-electron chi connectivity index (χ2n) is 15.7. The van der Waals surface area contributed by atoms with Crippen molar-refractivity contribution < 1.29 is 14.3 Å². The number of hydrogen-bond acceptors (Lipinski definition) is 3. The summed E-state index contributed by atoms with van der Waals surface area (Å²) < 4.78 is 11.6. The molecule has 0 radical (unpaired) electrons. The number of hydrogen-bond donors (Lipinski definition) is 0. The van der Waals surface area contributed by atoms with E-state index in [-0.39, 0.29) is 0 Å². The van der Waals surface area contributed by atoms with Crippen molar-refractivity contribution in [3.8, 4) is 0 Å². The zero-order valence-electron chi connectivity index (χ0n) is 26.5. The van der Waals surface area contributed by atoms with E-state index in [1.165, 1.54) is 103 Å². The smallest absolute Gasteiger partial charge is 0.123 e. The van der Waals surface area contributed by atoms with Gasteiger partial charge in [-0.15, -0.1) is 0 Å². The minimum absolute atomic E-state index is 0.327. The first-order valence-electron chi connectivity index (χ1n) is 17.3. The molecule has 0 heterocycles. The summed E-state index contributed by atoms with van der Waals surface area (Å²) in [5, 5.41) is 0. The first-order valence-corrected chi connectivity index (χ1v) is 17.3. The zero-order chi connectivity index (χ0) is 27.8. The van der Waals surface area contributed by atoms with Crippen LogP contribution in [0.3, 0.4) is 0 Å².